The van der Waals surface area contributed by atoms with Gasteiger partial charge < -0.3 is 24.8 Å². The summed E-state index contributed by atoms with van der Waals surface area (Å²) >= 11 is 0. The number of rotatable bonds is 8. The highest BCUT2D eigenvalue weighted by atomic mass is 16.6. The Morgan fingerprint density at radius 2 is 2.23 bits per heavy atom. The Bertz CT molecular complexity index is 954. The number of nitriles is 1. The largest absolute Gasteiger partial charge is 0.390 e. The topological polar surface area (TPSA) is 150 Å². The molecule has 31 heavy (non-hydrogen) atoms. The summed E-state index contributed by atoms with van der Waals surface area (Å²) < 4.78 is 13.3. The van der Waals surface area contributed by atoms with E-state index in [1.165, 1.54) is 12.7 Å². The molecule has 1 saturated heterocycles. The summed E-state index contributed by atoms with van der Waals surface area (Å²) in [5, 5.41) is 24.6. The molecule has 12 nitrogen and oxygen atoms in total. The molecule has 3 heterocycles. The molecule has 1 aliphatic rings. The molecule has 0 saturated carbocycles. The van der Waals surface area contributed by atoms with Gasteiger partial charge in [-0.25, -0.2) is 19.7 Å². The second kappa shape index (κ2) is 9.52. The van der Waals surface area contributed by atoms with Crippen molar-refractivity contribution in [2.24, 2.45) is 0 Å². The lowest BCUT2D eigenvalue weighted by Gasteiger charge is -2.18. The number of urea groups is 1. The van der Waals surface area contributed by atoms with Gasteiger partial charge in [-0.2, -0.15) is 5.26 Å². The second-order valence-corrected chi connectivity index (χ2v) is 8.17. The van der Waals surface area contributed by atoms with Crippen molar-refractivity contribution in [3.8, 4) is 6.07 Å². The molecule has 0 aromatic carbocycles. The van der Waals surface area contributed by atoms with Crippen LogP contribution in [-0.2, 0) is 9.47 Å². The number of nitrogens with zero attached hydrogens (tertiary/aromatic N) is 6. The maximum atomic E-state index is 12.2. The van der Waals surface area contributed by atoms with Crippen molar-refractivity contribution in [3.63, 3.8) is 0 Å². The molecular weight excluding hydrogens is 404 g/mol. The second-order valence-electron chi connectivity index (χ2n) is 8.17. The summed E-state index contributed by atoms with van der Waals surface area (Å²) in [4.78, 5) is 26.9. The van der Waals surface area contributed by atoms with Crippen molar-refractivity contribution < 1.29 is 19.4 Å². The molecule has 168 valence electrons. The average Bonchev–Trinajstić information content (AvgIpc) is 3.28. The molecule has 0 spiro atoms. The van der Waals surface area contributed by atoms with E-state index < -0.39 is 30.0 Å². The van der Waals surface area contributed by atoms with Crippen molar-refractivity contribution in [2.75, 3.05) is 39.2 Å². The van der Waals surface area contributed by atoms with Gasteiger partial charge in [-0.1, -0.05) is 0 Å². The van der Waals surface area contributed by atoms with Crippen LogP contribution in [-0.4, -0.2) is 87.2 Å². The standard InChI is InChI=1S/C19H28N8O4/c1-19(2,9-20)25-18(29)24-16-15-17(22-10-21-16)27(11-23-15)14-7-12(28)13(31-14)8-30-6-5-26(3)4/h10-14,28H,5-8H2,1-4H3,(H2,21,22,24,25,29)/t12-,13+,14+/m0/s1. The van der Waals surface area contributed by atoms with E-state index in [1.54, 1.807) is 18.4 Å². The molecule has 0 bridgehead atoms. The van der Waals surface area contributed by atoms with Crippen molar-refractivity contribution in [1.29, 1.82) is 5.26 Å². The molecule has 2 aromatic rings. The van der Waals surface area contributed by atoms with E-state index in [0.29, 0.717) is 24.2 Å². The van der Waals surface area contributed by atoms with Crippen LogP contribution in [0.15, 0.2) is 12.7 Å². The van der Waals surface area contributed by atoms with Crippen molar-refractivity contribution in [1.82, 2.24) is 29.7 Å². The van der Waals surface area contributed by atoms with E-state index >= 15 is 0 Å². The number of likely N-dealkylation sites (N-methyl/N-ethyl adjacent to an activating group) is 1. The molecule has 1 fully saturated rings. The number of aliphatic hydroxyl groups is 1. The predicted molar refractivity (Wildman–Crippen MR) is 111 cm³/mol. The maximum Gasteiger partial charge on any atom is 0.321 e. The number of carbonyl (C=O) groups excluding carboxylic acids is 1. The van der Waals surface area contributed by atoms with Crippen LogP contribution in [0.1, 0.15) is 26.5 Å². The molecule has 12 heteroatoms. The van der Waals surface area contributed by atoms with Crippen molar-refractivity contribution in [3.05, 3.63) is 12.7 Å². The number of carbonyl (C=O) groups is 1. The summed E-state index contributed by atoms with van der Waals surface area (Å²) in [7, 11) is 3.92. The zero-order valence-electron chi connectivity index (χ0n) is 18.1. The molecular formula is C19H28N8O4. The molecule has 2 amide bonds. The molecule has 3 atom stereocenters. The normalized spacial score (nSPS) is 21.4. The molecule has 0 aliphatic carbocycles. The van der Waals surface area contributed by atoms with E-state index in [-0.39, 0.29) is 12.4 Å². The van der Waals surface area contributed by atoms with Crippen LogP contribution in [0.3, 0.4) is 0 Å². The van der Waals surface area contributed by atoms with E-state index in [0.717, 1.165) is 6.54 Å². The summed E-state index contributed by atoms with van der Waals surface area (Å²) in [6.45, 7) is 4.78. The number of amides is 2. The molecule has 2 aromatic heterocycles. The highest BCUT2D eigenvalue weighted by molar-refractivity contribution is 5.96. The summed E-state index contributed by atoms with van der Waals surface area (Å²) in [5.41, 5.74) is -0.208. The average molecular weight is 432 g/mol. The fraction of sp³-hybridized carbons (Fsp3) is 0.632. The fourth-order valence-electron chi connectivity index (χ4n) is 3.09. The first-order valence-electron chi connectivity index (χ1n) is 9.94. The van der Waals surface area contributed by atoms with Crippen molar-refractivity contribution >= 4 is 23.0 Å². The van der Waals surface area contributed by atoms with Crippen LogP contribution in [0.25, 0.3) is 11.2 Å². The van der Waals surface area contributed by atoms with E-state index in [2.05, 4.69) is 25.6 Å². The Morgan fingerprint density at radius 1 is 1.45 bits per heavy atom. The number of aliphatic hydroxyl groups excluding tert-OH is 1. The number of fused-ring (bicyclic) bond motifs is 1. The van der Waals surface area contributed by atoms with E-state index in [9.17, 15) is 9.90 Å². The van der Waals surface area contributed by atoms with Gasteiger partial charge in [0.05, 0.1) is 31.7 Å². The first-order chi connectivity index (χ1) is 14.7. The van der Waals surface area contributed by atoms with Gasteiger partial charge in [0, 0.05) is 13.0 Å². The highest BCUT2D eigenvalue weighted by Crippen LogP contribution is 2.31. The Balaban J connectivity index is 1.68. The maximum absolute atomic E-state index is 12.2. The zero-order valence-corrected chi connectivity index (χ0v) is 18.1. The minimum atomic E-state index is -1.03. The molecule has 3 N–H and O–H groups in total. The monoisotopic (exact) mass is 432 g/mol. The van der Waals surface area contributed by atoms with Crippen LogP contribution in [0, 0.1) is 11.3 Å². The van der Waals surface area contributed by atoms with Gasteiger partial charge >= 0.3 is 6.03 Å². The van der Waals surface area contributed by atoms with Gasteiger partial charge in [0.2, 0.25) is 0 Å². The third-order valence-corrected chi connectivity index (χ3v) is 4.78. The van der Waals surface area contributed by atoms with Crippen LogP contribution in [0.5, 0.6) is 0 Å². The van der Waals surface area contributed by atoms with Gasteiger partial charge in [0.15, 0.2) is 17.0 Å². The quantitative estimate of drug-likeness (QED) is 0.506. The van der Waals surface area contributed by atoms with Crippen LogP contribution in [0.4, 0.5) is 10.6 Å². The fourth-order valence-corrected chi connectivity index (χ4v) is 3.09. The first-order valence-corrected chi connectivity index (χ1v) is 9.94. The number of imidazole rings is 1. The molecule has 3 rings (SSSR count). The van der Waals surface area contributed by atoms with Gasteiger partial charge in [0.25, 0.3) is 0 Å². The Kier molecular flexibility index (Phi) is 7.01. The van der Waals surface area contributed by atoms with Crippen LogP contribution >= 0.6 is 0 Å². The Hall–Kier alpha value is -2.85. The lowest BCUT2D eigenvalue weighted by atomic mass is 10.1. The minimum Gasteiger partial charge on any atom is -0.390 e. The SMILES string of the molecule is CN(C)CCOC[C@H]1O[C@@H](n2cnc3c(NC(=O)NC(C)(C)C#N)ncnc32)C[C@@H]1O. The van der Waals surface area contributed by atoms with Gasteiger partial charge in [-0.05, 0) is 27.9 Å². The third-order valence-electron chi connectivity index (χ3n) is 4.78. The van der Waals surface area contributed by atoms with Gasteiger partial charge in [0.1, 0.15) is 24.2 Å². The van der Waals surface area contributed by atoms with Crippen molar-refractivity contribution in [2.45, 2.75) is 44.2 Å². The van der Waals surface area contributed by atoms with Crippen LogP contribution < -0.4 is 10.6 Å². The smallest absolute Gasteiger partial charge is 0.321 e. The number of nitrogens with one attached hydrogen (secondary N) is 2. The highest BCUT2D eigenvalue weighted by Gasteiger charge is 2.36. The molecule has 0 radical (unpaired) electrons. The summed E-state index contributed by atoms with van der Waals surface area (Å²) in [5.74, 6) is 0.206. The first kappa shape index (κ1) is 22.8. The molecule has 1 aliphatic heterocycles. The number of hydrogen-bond donors (Lipinski definition) is 3. The Labute approximate surface area is 180 Å². The zero-order chi connectivity index (χ0) is 22.6. The third kappa shape index (κ3) is 5.65. The van der Waals surface area contributed by atoms with E-state index in [4.69, 9.17) is 14.7 Å². The minimum absolute atomic E-state index is 0.206. The lowest BCUT2D eigenvalue weighted by Crippen LogP contribution is -2.44. The number of aromatic nitrogens is 4. The number of hydrogen-bond acceptors (Lipinski definition) is 9. The van der Waals surface area contributed by atoms with Crippen LogP contribution in [0.2, 0.25) is 0 Å². The Morgan fingerprint density at radius 3 is 2.94 bits per heavy atom. The summed E-state index contributed by atoms with van der Waals surface area (Å²) in [6.07, 6.45) is 1.59. The number of ether oxygens (including phenoxy) is 2. The summed E-state index contributed by atoms with van der Waals surface area (Å²) in [6, 6.07) is 1.41. The molecule has 0 unspecified atom stereocenters. The van der Waals surface area contributed by atoms with Gasteiger partial charge in [-0.15, -0.1) is 0 Å². The predicted octanol–water partition coefficient (Wildman–Crippen LogP) is 0.477. The van der Waals surface area contributed by atoms with Gasteiger partial charge in [-0.3, -0.25) is 9.88 Å². The van der Waals surface area contributed by atoms with E-state index in [1.807, 2.05) is 25.1 Å². The number of anilines is 1. The lowest BCUT2D eigenvalue weighted by molar-refractivity contribution is -0.0624.